The monoisotopic (exact) mass is 229 g/mol. The van der Waals surface area contributed by atoms with Gasteiger partial charge in [-0.25, -0.2) is 8.78 Å². The number of benzene rings is 1. The Labute approximate surface area is 94.3 Å². The van der Waals surface area contributed by atoms with Crippen molar-refractivity contribution in [2.24, 2.45) is 0 Å². The molecule has 0 bridgehead atoms. The molecule has 0 fully saturated rings. The largest absolute Gasteiger partial charge is 0.386 e. The van der Waals surface area contributed by atoms with E-state index in [1.54, 1.807) is 0 Å². The average molecular weight is 229 g/mol. The van der Waals surface area contributed by atoms with Crippen LogP contribution in [0.1, 0.15) is 16.7 Å². The lowest BCUT2D eigenvalue weighted by molar-refractivity contribution is -0.00341. The van der Waals surface area contributed by atoms with Gasteiger partial charge in [0.2, 0.25) is 0 Å². The first-order valence-corrected chi connectivity index (χ1v) is 5.24. The highest BCUT2D eigenvalue weighted by atomic mass is 19.3. The van der Waals surface area contributed by atoms with Crippen molar-refractivity contribution < 1.29 is 13.9 Å². The first-order chi connectivity index (χ1) is 7.52. The summed E-state index contributed by atoms with van der Waals surface area (Å²) >= 11 is 0. The second-order valence-corrected chi connectivity index (χ2v) is 3.89. The predicted molar refractivity (Wildman–Crippen MR) is 59.6 cm³/mol. The normalized spacial score (nSPS) is 13.1. The summed E-state index contributed by atoms with van der Waals surface area (Å²) in [7, 11) is 0. The van der Waals surface area contributed by atoms with Crippen molar-refractivity contribution in [3.8, 4) is 0 Å². The molecule has 0 aromatic heterocycles. The third kappa shape index (κ3) is 3.54. The van der Waals surface area contributed by atoms with Crippen LogP contribution in [0.3, 0.4) is 0 Å². The van der Waals surface area contributed by atoms with Crippen LogP contribution in [0.2, 0.25) is 0 Å². The highest BCUT2D eigenvalue weighted by Gasteiger charge is 2.15. The molecule has 0 saturated carbocycles. The van der Waals surface area contributed by atoms with Crippen molar-refractivity contribution >= 4 is 0 Å². The van der Waals surface area contributed by atoms with Crippen LogP contribution in [-0.2, 0) is 6.54 Å². The number of alkyl halides is 2. The average Bonchev–Trinajstić information content (AvgIpc) is 2.24. The fraction of sp³-hybridized carbons (Fsp3) is 0.500. The summed E-state index contributed by atoms with van der Waals surface area (Å²) in [6.07, 6.45) is -4.28. The number of nitrogens with one attached hydrogen (secondary N) is 1. The molecule has 0 aliphatic heterocycles. The number of halogens is 2. The SMILES string of the molecule is Cc1cccc(CNCC(O)C(F)F)c1C. The molecular formula is C12H17F2NO. The Morgan fingerprint density at radius 3 is 2.62 bits per heavy atom. The Morgan fingerprint density at radius 1 is 1.31 bits per heavy atom. The molecule has 0 heterocycles. The maximum absolute atomic E-state index is 12.0. The van der Waals surface area contributed by atoms with E-state index in [0.717, 1.165) is 11.1 Å². The molecule has 2 N–H and O–H groups in total. The van der Waals surface area contributed by atoms with E-state index in [0.29, 0.717) is 6.54 Å². The molecular weight excluding hydrogens is 212 g/mol. The summed E-state index contributed by atoms with van der Waals surface area (Å²) in [5, 5.41) is 11.7. The van der Waals surface area contributed by atoms with Crippen LogP contribution < -0.4 is 5.32 Å². The van der Waals surface area contributed by atoms with Gasteiger partial charge in [-0.15, -0.1) is 0 Å². The number of aliphatic hydroxyl groups excluding tert-OH is 1. The Kier molecular flexibility index (Phi) is 4.83. The lowest BCUT2D eigenvalue weighted by atomic mass is 10.0. The molecule has 1 atom stereocenters. The smallest absolute Gasteiger partial charge is 0.265 e. The summed E-state index contributed by atoms with van der Waals surface area (Å²) in [4.78, 5) is 0. The van der Waals surface area contributed by atoms with E-state index in [1.165, 1.54) is 5.56 Å². The summed E-state index contributed by atoms with van der Waals surface area (Å²) in [6.45, 7) is 4.41. The molecule has 0 aliphatic rings. The minimum atomic E-state index is -2.69. The van der Waals surface area contributed by atoms with Crippen molar-refractivity contribution in [3.05, 3.63) is 34.9 Å². The van der Waals surface area contributed by atoms with Crippen molar-refractivity contribution in [1.82, 2.24) is 5.32 Å². The van der Waals surface area contributed by atoms with Crippen LogP contribution in [0.5, 0.6) is 0 Å². The van der Waals surface area contributed by atoms with Crippen molar-refractivity contribution in [2.45, 2.75) is 32.9 Å². The molecule has 1 unspecified atom stereocenters. The number of hydrogen-bond donors (Lipinski definition) is 2. The van der Waals surface area contributed by atoms with Crippen LogP contribution in [0.25, 0.3) is 0 Å². The molecule has 4 heteroatoms. The molecule has 1 rings (SSSR count). The molecule has 90 valence electrons. The molecule has 2 nitrogen and oxygen atoms in total. The van der Waals surface area contributed by atoms with Crippen molar-refractivity contribution in [3.63, 3.8) is 0 Å². The fourth-order valence-corrected chi connectivity index (χ4v) is 1.45. The van der Waals surface area contributed by atoms with E-state index in [1.807, 2.05) is 32.0 Å². The minimum absolute atomic E-state index is 0.0922. The maximum atomic E-state index is 12.0. The van der Waals surface area contributed by atoms with Gasteiger partial charge in [0.1, 0.15) is 6.10 Å². The zero-order chi connectivity index (χ0) is 12.1. The van der Waals surface area contributed by atoms with Crippen LogP contribution in [0, 0.1) is 13.8 Å². The second kappa shape index (κ2) is 5.92. The highest BCUT2D eigenvalue weighted by Crippen LogP contribution is 2.12. The van der Waals surface area contributed by atoms with Gasteiger partial charge in [0, 0.05) is 13.1 Å². The second-order valence-electron chi connectivity index (χ2n) is 3.89. The predicted octanol–water partition coefficient (Wildman–Crippen LogP) is 2.02. The van der Waals surface area contributed by atoms with Crippen molar-refractivity contribution in [1.29, 1.82) is 0 Å². The van der Waals surface area contributed by atoms with Crippen molar-refractivity contribution in [2.75, 3.05) is 6.54 Å². The van der Waals surface area contributed by atoms with Gasteiger partial charge in [0.05, 0.1) is 0 Å². The van der Waals surface area contributed by atoms with E-state index >= 15 is 0 Å². The minimum Gasteiger partial charge on any atom is -0.386 e. The number of aliphatic hydroxyl groups is 1. The molecule has 0 radical (unpaired) electrons. The quantitative estimate of drug-likeness (QED) is 0.809. The first-order valence-electron chi connectivity index (χ1n) is 5.24. The third-order valence-electron chi connectivity index (χ3n) is 2.68. The third-order valence-corrected chi connectivity index (χ3v) is 2.68. The number of hydrogen-bond acceptors (Lipinski definition) is 2. The zero-order valence-electron chi connectivity index (χ0n) is 9.50. The number of aryl methyl sites for hydroxylation is 1. The summed E-state index contributed by atoms with van der Waals surface area (Å²) in [6, 6.07) is 5.89. The van der Waals surface area contributed by atoms with E-state index in [-0.39, 0.29) is 6.54 Å². The standard InChI is InChI=1S/C12H17F2NO/c1-8-4-3-5-10(9(8)2)6-15-7-11(16)12(13)14/h3-5,11-12,15-16H,6-7H2,1-2H3. The first kappa shape index (κ1) is 13.1. The molecule has 0 saturated heterocycles. The van der Waals surface area contributed by atoms with Crippen LogP contribution in [0.4, 0.5) is 8.78 Å². The van der Waals surface area contributed by atoms with Gasteiger partial charge in [0.15, 0.2) is 0 Å². The topological polar surface area (TPSA) is 32.3 Å². The van der Waals surface area contributed by atoms with Crippen LogP contribution in [-0.4, -0.2) is 24.2 Å². The highest BCUT2D eigenvalue weighted by molar-refractivity contribution is 5.32. The van der Waals surface area contributed by atoms with Crippen LogP contribution in [0.15, 0.2) is 18.2 Å². The van der Waals surface area contributed by atoms with Gasteiger partial charge in [-0.3, -0.25) is 0 Å². The van der Waals surface area contributed by atoms with Gasteiger partial charge in [0.25, 0.3) is 6.43 Å². The Bertz CT molecular complexity index is 342. The molecule has 16 heavy (non-hydrogen) atoms. The summed E-state index contributed by atoms with van der Waals surface area (Å²) < 4.78 is 24.0. The van der Waals surface area contributed by atoms with E-state index < -0.39 is 12.5 Å². The lowest BCUT2D eigenvalue weighted by Gasteiger charge is -2.12. The van der Waals surface area contributed by atoms with Gasteiger partial charge in [-0.1, -0.05) is 18.2 Å². The molecule has 0 aliphatic carbocycles. The summed E-state index contributed by atoms with van der Waals surface area (Å²) in [5.74, 6) is 0. The molecule has 0 spiro atoms. The Balaban J connectivity index is 2.46. The van der Waals surface area contributed by atoms with Gasteiger partial charge in [-0.2, -0.15) is 0 Å². The Morgan fingerprint density at radius 2 is 2.00 bits per heavy atom. The number of rotatable bonds is 5. The van der Waals surface area contributed by atoms with Gasteiger partial charge in [-0.05, 0) is 30.5 Å². The van der Waals surface area contributed by atoms with Crippen LogP contribution >= 0.6 is 0 Å². The molecule has 0 amide bonds. The maximum Gasteiger partial charge on any atom is 0.265 e. The molecule has 1 aromatic carbocycles. The summed E-state index contributed by atoms with van der Waals surface area (Å²) in [5.41, 5.74) is 3.40. The van der Waals surface area contributed by atoms with E-state index in [9.17, 15) is 8.78 Å². The van der Waals surface area contributed by atoms with E-state index in [2.05, 4.69) is 5.32 Å². The van der Waals surface area contributed by atoms with E-state index in [4.69, 9.17) is 5.11 Å². The zero-order valence-corrected chi connectivity index (χ0v) is 9.50. The fourth-order valence-electron chi connectivity index (χ4n) is 1.45. The van der Waals surface area contributed by atoms with Gasteiger partial charge < -0.3 is 10.4 Å². The lowest BCUT2D eigenvalue weighted by Crippen LogP contribution is -2.31. The molecule has 1 aromatic rings. The Hall–Kier alpha value is -1.00. The van der Waals surface area contributed by atoms with Gasteiger partial charge >= 0.3 is 0 Å².